The molecule has 1 aromatic carbocycles. The van der Waals surface area contributed by atoms with E-state index in [9.17, 15) is 8.42 Å². The van der Waals surface area contributed by atoms with E-state index in [2.05, 4.69) is 10.1 Å². The predicted octanol–water partition coefficient (Wildman–Crippen LogP) is 2.27. The first-order valence-corrected chi connectivity index (χ1v) is 9.10. The Morgan fingerprint density at radius 2 is 1.92 bits per heavy atom. The van der Waals surface area contributed by atoms with E-state index in [0.717, 1.165) is 17.7 Å². The summed E-state index contributed by atoms with van der Waals surface area (Å²) >= 11 is 0. The fourth-order valence-corrected chi connectivity index (χ4v) is 4.57. The largest absolute Gasteiger partial charge is 0.268 e. The molecule has 0 N–H and O–H groups in total. The average molecular weight is 340 g/mol. The summed E-state index contributed by atoms with van der Waals surface area (Å²) in [5.74, 6) is 0. The van der Waals surface area contributed by atoms with E-state index in [-0.39, 0.29) is 10.9 Å². The van der Waals surface area contributed by atoms with Crippen LogP contribution in [-0.4, -0.2) is 29.7 Å². The first kappa shape index (κ1) is 14.9. The molecule has 0 saturated heterocycles. The van der Waals surface area contributed by atoms with Gasteiger partial charge in [-0.05, 0) is 36.2 Å². The Morgan fingerprint density at radius 3 is 2.67 bits per heavy atom. The Kier molecular flexibility index (Phi) is 3.57. The van der Waals surface area contributed by atoms with E-state index in [1.165, 1.54) is 10.5 Å². The zero-order valence-electron chi connectivity index (χ0n) is 12.9. The number of nitrogens with zero attached hydrogens (tertiary/aromatic N) is 4. The Labute approximate surface area is 140 Å². The highest BCUT2D eigenvalue weighted by molar-refractivity contribution is 7.92. The van der Waals surface area contributed by atoms with Gasteiger partial charge in [0.2, 0.25) is 0 Å². The lowest BCUT2D eigenvalue weighted by Gasteiger charge is -2.35. The third kappa shape index (κ3) is 2.46. The van der Waals surface area contributed by atoms with Crippen LogP contribution >= 0.6 is 0 Å². The van der Waals surface area contributed by atoms with Crippen LogP contribution < -0.4 is 4.31 Å². The number of rotatable bonds is 3. The second-order valence-corrected chi connectivity index (χ2v) is 7.56. The Balaban J connectivity index is 1.81. The molecule has 24 heavy (non-hydrogen) atoms. The van der Waals surface area contributed by atoms with Crippen molar-refractivity contribution in [2.75, 3.05) is 10.8 Å². The molecule has 0 aliphatic carbocycles. The first-order chi connectivity index (χ1) is 11.7. The van der Waals surface area contributed by atoms with Crippen LogP contribution in [0, 0.1) is 0 Å². The number of benzene rings is 1. The molecule has 0 spiro atoms. The lowest BCUT2D eigenvalue weighted by Crippen LogP contribution is -2.41. The average Bonchev–Trinajstić information content (AvgIpc) is 3.16. The lowest BCUT2D eigenvalue weighted by molar-refractivity contribution is 0.446. The summed E-state index contributed by atoms with van der Waals surface area (Å²) in [5, 5.41) is 4.28. The molecule has 1 atom stereocenters. The molecule has 122 valence electrons. The van der Waals surface area contributed by atoms with Gasteiger partial charge in [-0.2, -0.15) is 5.10 Å². The van der Waals surface area contributed by atoms with Crippen molar-refractivity contribution in [2.24, 2.45) is 0 Å². The molecular weight excluding hydrogens is 324 g/mol. The zero-order chi connectivity index (χ0) is 16.6. The summed E-state index contributed by atoms with van der Waals surface area (Å²) < 4.78 is 29.5. The summed E-state index contributed by atoms with van der Waals surface area (Å²) in [6.45, 7) is 0.343. The van der Waals surface area contributed by atoms with Crippen molar-refractivity contribution in [3.63, 3.8) is 0 Å². The van der Waals surface area contributed by atoms with Gasteiger partial charge in [-0.25, -0.2) is 8.42 Å². The van der Waals surface area contributed by atoms with Gasteiger partial charge in [0.25, 0.3) is 10.0 Å². The number of hydrogen-bond acceptors (Lipinski definition) is 4. The maximum Gasteiger partial charge on any atom is 0.265 e. The van der Waals surface area contributed by atoms with E-state index in [0.29, 0.717) is 6.54 Å². The molecule has 0 radical (unpaired) electrons. The molecule has 3 aromatic rings. The standard InChI is InChI=1S/C17H16N4O2S/c22-24(23,16-6-3-8-18-12-16)21-13-15(20-10-4-9-19-20)11-14-5-1-2-7-17(14)21/h1-10,12,15H,11,13H2. The van der Waals surface area contributed by atoms with Gasteiger partial charge in [-0.1, -0.05) is 18.2 Å². The van der Waals surface area contributed by atoms with Crippen molar-refractivity contribution in [3.8, 4) is 0 Å². The van der Waals surface area contributed by atoms with Gasteiger partial charge in [-0.15, -0.1) is 0 Å². The molecule has 0 bridgehead atoms. The zero-order valence-corrected chi connectivity index (χ0v) is 13.7. The van der Waals surface area contributed by atoms with Crippen LogP contribution in [0.1, 0.15) is 11.6 Å². The normalized spacial score (nSPS) is 17.5. The molecule has 1 aliphatic heterocycles. The maximum absolute atomic E-state index is 13.1. The number of para-hydroxylation sites is 1. The van der Waals surface area contributed by atoms with Gasteiger partial charge in [0, 0.05) is 24.8 Å². The van der Waals surface area contributed by atoms with Crippen molar-refractivity contribution in [2.45, 2.75) is 17.4 Å². The second kappa shape index (κ2) is 5.76. The fourth-order valence-electron chi connectivity index (χ4n) is 3.06. The smallest absolute Gasteiger partial charge is 0.265 e. The minimum atomic E-state index is -3.67. The topological polar surface area (TPSA) is 68.1 Å². The predicted molar refractivity (Wildman–Crippen MR) is 90.2 cm³/mol. The van der Waals surface area contributed by atoms with Crippen LogP contribution in [0.4, 0.5) is 5.69 Å². The van der Waals surface area contributed by atoms with Gasteiger partial charge in [-0.3, -0.25) is 14.0 Å². The molecule has 4 rings (SSSR count). The third-order valence-corrected chi connectivity index (χ3v) is 5.98. The van der Waals surface area contributed by atoms with E-state index < -0.39 is 10.0 Å². The van der Waals surface area contributed by atoms with Gasteiger partial charge < -0.3 is 0 Å². The minimum Gasteiger partial charge on any atom is -0.268 e. The van der Waals surface area contributed by atoms with E-state index in [4.69, 9.17) is 0 Å². The van der Waals surface area contributed by atoms with Crippen LogP contribution in [0.5, 0.6) is 0 Å². The Morgan fingerprint density at radius 1 is 1.04 bits per heavy atom. The number of hydrogen-bond donors (Lipinski definition) is 0. The maximum atomic E-state index is 13.1. The van der Waals surface area contributed by atoms with Crippen LogP contribution in [0.2, 0.25) is 0 Å². The van der Waals surface area contributed by atoms with E-state index in [1.54, 1.807) is 24.5 Å². The summed E-state index contributed by atoms with van der Waals surface area (Å²) in [5.41, 5.74) is 1.72. The van der Waals surface area contributed by atoms with E-state index >= 15 is 0 Å². The molecule has 0 fully saturated rings. The third-order valence-electron chi connectivity index (χ3n) is 4.21. The minimum absolute atomic E-state index is 0.0404. The molecule has 6 nitrogen and oxygen atoms in total. The SMILES string of the molecule is O=S(=O)(c1cccnc1)N1CC(n2cccn2)Cc2ccccc21. The molecule has 2 aromatic heterocycles. The van der Waals surface area contributed by atoms with Gasteiger partial charge >= 0.3 is 0 Å². The first-order valence-electron chi connectivity index (χ1n) is 7.66. The van der Waals surface area contributed by atoms with Crippen molar-refractivity contribution in [3.05, 3.63) is 72.8 Å². The van der Waals surface area contributed by atoms with Crippen LogP contribution in [0.3, 0.4) is 0 Å². The Hall–Kier alpha value is -2.67. The van der Waals surface area contributed by atoms with Crippen molar-refractivity contribution >= 4 is 15.7 Å². The number of anilines is 1. The lowest BCUT2D eigenvalue weighted by atomic mass is 10.00. The number of aromatic nitrogens is 3. The van der Waals surface area contributed by atoms with Crippen LogP contribution in [-0.2, 0) is 16.4 Å². The molecule has 3 heterocycles. The van der Waals surface area contributed by atoms with Crippen molar-refractivity contribution < 1.29 is 8.42 Å². The quantitative estimate of drug-likeness (QED) is 0.733. The second-order valence-electron chi connectivity index (χ2n) is 5.70. The molecule has 0 saturated carbocycles. The molecule has 1 unspecified atom stereocenters. The molecule has 1 aliphatic rings. The highest BCUT2D eigenvalue weighted by atomic mass is 32.2. The van der Waals surface area contributed by atoms with Crippen molar-refractivity contribution in [1.29, 1.82) is 0 Å². The summed E-state index contributed by atoms with van der Waals surface area (Å²) in [4.78, 5) is 4.14. The van der Waals surface area contributed by atoms with Gasteiger partial charge in [0.05, 0.1) is 18.3 Å². The van der Waals surface area contributed by atoms with E-state index in [1.807, 2.05) is 41.2 Å². The number of fused-ring (bicyclic) bond motifs is 1. The fraction of sp³-hybridized carbons (Fsp3) is 0.176. The summed E-state index contributed by atoms with van der Waals surface area (Å²) in [6.07, 6.45) is 7.27. The number of pyridine rings is 1. The van der Waals surface area contributed by atoms with Gasteiger partial charge in [0.1, 0.15) is 4.90 Å². The molecular formula is C17H16N4O2S. The van der Waals surface area contributed by atoms with Crippen LogP contribution in [0.25, 0.3) is 0 Å². The van der Waals surface area contributed by atoms with Gasteiger partial charge in [0.15, 0.2) is 0 Å². The summed E-state index contributed by atoms with van der Waals surface area (Å²) in [7, 11) is -3.67. The molecule has 7 heteroatoms. The van der Waals surface area contributed by atoms with Crippen LogP contribution in [0.15, 0.2) is 72.1 Å². The molecule has 0 amide bonds. The number of sulfonamides is 1. The Bertz CT molecular complexity index is 940. The summed E-state index contributed by atoms with van der Waals surface area (Å²) in [6, 6.07) is 12.6. The highest BCUT2D eigenvalue weighted by Gasteiger charge is 2.34. The monoisotopic (exact) mass is 340 g/mol. The van der Waals surface area contributed by atoms with Crippen molar-refractivity contribution in [1.82, 2.24) is 14.8 Å². The highest BCUT2D eigenvalue weighted by Crippen LogP contribution is 2.35.